The molecule has 0 aromatic rings. The maximum absolute atomic E-state index is 11.4. The second-order valence-corrected chi connectivity index (χ2v) is 5.22. The average Bonchev–Trinajstić information content (AvgIpc) is 1.97. The van der Waals surface area contributed by atoms with Gasteiger partial charge in [-0.1, -0.05) is 26.7 Å². The summed E-state index contributed by atoms with van der Waals surface area (Å²) in [6.07, 6.45) is 5.76. The van der Waals surface area contributed by atoms with Crippen molar-refractivity contribution < 1.29 is 8.42 Å². The molecule has 13 heavy (non-hydrogen) atoms. The molecule has 4 heteroatoms. The van der Waals surface area contributed by atoms with Gasteiger partial charge < -0.3 is 0 Å². The van der Waals surface area contributed by atoms with Gasteiger partial charge in [-0.15, -0.1) is 6.42 Å². The molecule has 0 aliphatic carbocycles. The summed E-state index contributed by atoms with van der Waals surface area (Å²) < 4.78 is 25.2. The zero-order valence-corrected chi connectivity index (χ0v) is 9.19. The lowest BCUT2D eigenvalue weighted by Crippen LogP contribution is -2.36. The van der Waals surface area contributed by atoms with Crippen molar-refractivity contribution >= 4 is 10.0 Å². The molecule has 0 saturated heterocycles. The van der Waals surface area contributed by atoms with Gasteiger partial charge in [0, 0.05) is 0 Å². The second kappa shape index (κ2) is 5.25. The third-order valence-corrected chi connectivity index (χ3v) is 3.23. The minimum Gasteiger partial charge on any atom is -0.212 e. The van der Waals surface area contributed by atoms with Gasteiger partial charge in [-0.2, -0.15) is 0 Å². The van der Waals surface area contributed by atoms with Gasteiger partial charge >= 0.3 is 0 Å². The lowest BCUT2D eigenvalue weighted by atomic mass is 10.3. The summed E-state index contributed by atoms with van der Waals surface area (Å²) in [5.41, 5.74) is 0. The lowest BCUT2D eigenvalue weighted by Gasteiger charge is -2.12. The second-order valence-electron chi connectivity index (χ2n) is 3.42. The van der Waals surface area contributed by atoms with Crippen LogP contribution in [0.15, 0.2) is 0 Å². The van der Waals surface area contributed by atoms with Gasteiger partial charge in [0.15, 0.2) is 0 Å². The van der Waals surface area contributed by atoms with Gasteiger partial charge in [0.1, 0.15) is 0 Å². The summed E-state index contributed by atoms with van der Waals surface area (Å²) in [4.78, 5) is 0. The summed E-state index contributed by atoms with van der Waals surface area (Å²) in [6, 6.07) is -0.372. The Kier molecular flexibility index (Phi) is 5.04. The van der Waals surface area contributed by atoms with Crippen molar-refractivity contribution in [3.05, 3.63) is 0 Å². The average molecular weight is 203 g/mol. The highest BCUT2D eigenvalue weighted by atomic mass is 32.2. The Bertz CT molecular complexity index is 274. The predicted octanol–water partition coefficient (Wildman–Crippen LogP) is 0.974. The molecule has 76 valence electrons. The number of hydrogen-bond acceptors (Lipinski definition) is 2. The molecule has 0 bridgehead atoms. The summed E-state index contributed by atoms with van der Waals surface area (Å²) in [5, 5.41) is 0. The first-order valence-electron chi connectivity index (χ1n) is 4.37. The Morgan fingerprint density at radius 3 is 2.31 bits per heavy atom. The van der Waals surface area contributed by atoms with E-state index in [2.05, 4.69) is 10.6 Å². The maximum atomic E-state index is 11.4. The Morgan fingerprint density at radius 1 is 1.46 bits per heavy atom. The summed E-state index contributed by atoms with van der Waals surface area (Å²) in [7, 11) is -3.20. The fraction of sp³-hybridized carbons (Fsp3) is 0.778. The first kappa shape index (κ1) is 12.5. The summed E-state index contributed by atoms with van der Waals surface area (Å²) >= 11 is 0. The van der Waals surface area contributed by atoms with E-state index in [0.29, 0.717) is 6.42 Å². The maximum Gasteiger partial charge on any atom is 0.212 e. The lowest BCUT2D eigenvalue weighted by molar-refractivity contribution is 0.558. The Hall–Kier alpha value is -0.530. The van der Waals surface area contributed by atoms with Crippen LogP contribution in [0.3, 0.4) is 0 Å². The minimum atomic E-state index is -3.20. The fourth-order valence-corrected chi connectivity index (χ4v) is 2.58. The van der Waals surface area contributed by atoms with Gasteiger partial charge in [0.05, 0.1) is 11.8 Å². The normalized spacial score (nSPS) is 14.1. The Labute approximate surface area is 81.0 Å². The third-order valence-electron chi connectivity index (χ3n) is 1.48. The molecule has 1 unspecified atom stereocenters. The van der Waals surface area contributed by atoms with Crippen LogP contribution >= 0.6 is 0 Å². The molecule has 0 amide bonds. The van der Waals surface area contributed by atoms with Gasteiger partial charge in [0.25, 0.3) is 0 Å². The molecule has 0 aromatic heterocycles. The van der Waals surface area contributed by atoms with E-state index in [-0.39, 0.29) is 17.7 Å². The molecule has 0 rings (SSSR count). The van der Waals surface area contributed by atoms with Crippen LogP contribution in [0.2, 0.25) is 0 Å². The molecule has 1 N–H and O–H groups in total. The van der Waals surface area contributed by atoms with Crippen molar-refractivity contribution in [2.45, 2.75) is 33.2 Å². The standard InChI is InChI=1S/C9H17NO2S/c1-5-9(6-2)10-13(11,12)7-8(3)4/h1,8-10H,6-7H2,2-4H3. The summed E-state index contributed by atoms with van der Waals surface area (Å²) in [5.74, 6) is 2.64. The smallest absolute Gasteiger partial charge is 0.212 e. The van der Waals surface area contributed by atoms with Crippen LogP contribution in [0.25, 0.3) is 0 Å². The molecule has 0 fully saturated rings. The number of sulfonamides is 1. The van der Waals surface area contributed by atoms with E-state index in [0.717, 1.165) is 0 Å². The first-order chi connectivity index (χ1) is 5.91. The number of nitrogens with one attached hydrogen (secondary N) is 1. The molecule has 0 radical (unpaired) electrons. The van der Waals surface area contributed by atoms with Crippen LogP contribution in [0.1, 0.15) is 27.2 Å². The van der Waals surface area contributed by atoms with Crippen LogP contribution < -0.4 is 4.72 Å². The van der Waals surface area contributed by atoms with Crippen molar-refractivity contribution in [2.24, 2.45) is 5.92 Å². The number of terminal acetylenes is 1. The molecule has 0 aliphatic rings. The molecule has 0 aliphatic heterocycles. The summed E-state index contributed by atoms with van der Waals surface area (Å²) in [6.45, 7) is 5.56. The van der Waals surface area contributed by atoms with Crippen LogP contribution in [-0.2, 0) is 10.0 Å². The van der Waals surface area contributed by atoms with E-state index < -0.39 is 10.0 Å². The van der Waals surface area contributed by atoms with Crippen LogP contribution in [0.5, 0.6) is 0 Å². The molecule has 3 nitrogen and oxygen atoms in total. The van der Waals surface area contributed by atoms with Crippen molar-refractivity contribution in [3.63, 3.8) is 0 Å². The number of rotatable bonds is 5. The highest BCUT2D eigenvalue weighted by Crippen LogP contribution is 2.00. The van der Waals surface area contributed by atoms with Crippen LogP contribution in [0.4, 0.5) is 0 Å². The predicted molar refractivity (Wildman–Crippen MR) is 54.7 cm³/mol. The van der Waals surface area contributed by atoms with Gasteiger partial charge in [-0.05, 0) is 12.3 Å². The Morgan fingerprint density at radius 2 is 2.00 bits per heavy atom. The first-order valence-corrected chi connectivity index (χ1v) is 6.02. The van der Waals surface area contributed by atoms with Gasteiger partial charge in [0.2, 0.25) is 10.0 Å². The van der Waals surface area contributed by atoms with Crippen LogP contribution in [-0.4, -0.2) is 20.2 Å². The van der Waals surface area contributed by atoms with E-state index in [9.17, 15) is 8.42 Å². The molecular formula is C9H17NO2S. The van der Waals surface area contributed by atoms with E-state index >= 15 is 0 Å². The van der Waals surface area contributed by atoms with Crippen molar-refractivity contribution in [1.82, 2.24) is 4.72 Å². The zero-order valence-electron chi connectivity index (χ0n) is 8.37. The highest BCUT2D eigenvalue weighted by Gasteiger charge is 2.15. The molecule has 0 saturated carbocycles. The van der Waals surface area contributed by atoms with Crippen molar-refractivity contribution in [1.29, 1.82) is 0 Å². The molecule has 0 spiro atoms. The number of hydrogen-bond donors (Lipinski definition) is 1. The van der Waals surface area contributed by atoms with E-state index in [4.69, 9.17) is 6.42 Å². The molecule has 1 atom stereocenters. The molecule has 0 aromatic carbocycles. The largest absolute Gasteiger partial charge is 0.212 e. The van der Waals surface area contributed by atoms with E-state index in [1.54, 1.807) is 0 Å². The third kappa shape index (κ3) is 5.67. The Balaban J connectivity index is 4.27. The van der Waals surface area contributed by atoms with E-state index in [1.807, 2.05) is 20.8 Å². The monoisotopic (exact) mass is 203 g/mol. The zero-order chi connectivity index (χ0) is 10.5. The minimum absolute atomic E-state index is 0.118. The van der Waals surface area contributed by atoms with Gasteiger partial charge in [-0.25, -0.2) is 13.1 Å². The van der Waals surface area contributed by atoms with Gasteiger partial charge in [-0.3, -0.25) is 0 Å². The van der Waals surface area contributed by atoms with Crippen molar-refractivity contribution in [2.75, 3.05) is 5.75 Å². The molecule has 0 heterocycles. The van der Waals surface area contributed by atoms with E-state index in [1.165, 1.54) is 0 Å². The molecular weight excluding hydrogens is 186 g/mol. The SMILES string of the molecule is C#CC(CC)NS(=O)(=O)CC(C)C. The fourth-order valence-electron chi connectivity index (χ4n) is 0.939. The van der Waals surface area contributed by atoms with Crippen molar-refractivity contribution in [3.8, 4) is 12.3 Å². The highest BCUT2D eigenvalue weighted by molar-refractivity contribution is 7.89. The quantitative estimate of drug-likeness (QED) is 0.677. The topological polar surface area (TPSA) is 46.2 Å². The van der Waals surface area contributed by atoms with Crippen LogP contribution in [0, 0.1) is 18.3 Å².